The van der Waals surface area contributed by atoms with Gasteiger partial charge in [0.25, 0.3) is 5.91 Å². The molecule has 0 bridgehead atoms. The Kier molecular flexibility index (Phi) is 5.20. The third-order valence-corrected chi connectivity index (χ3v) is 5.37. The van der Waals surface area contributed by atoms with Crippen molar-refractivity contribution < 1.29 is 9.72 Å². The van der Waals surface area contributed by atoms with E-state index in [1.54, 1.807) is 11.3 Å². The molecule has 0 saturated carbocycles. The van der Waals surface area contributed by atoms with Gasteiger partial charge < -0.3 is 5.32 Å². The predicted octanol–water partition coefficient (Wildman–Crippen LogP) is 4.06. The van der Waals surface area contributed by atoms with E-state index in [-0.39, 0.29) is 10.9 Å². The summed E-state index contributed by atoms with van der Waals surface area (Å²) >= 11 is 2.50. The number of amides is 1. The second-order valence-electron chi connectivity index (χ2n) is 5.35. The van der Waals surface area contributed by atoms with Crippen LogP contribution in [0.2, 0.25) is 0 Å². The van der Waals surface area contributed by atoms with Gasteiger partial charge in [0.05, 0.1) is 20.5 Å². The molecule has 1 aromatic carbocycles. The Morgan fingerprint density at radius 3 is 2.60 bits per heavy atom. The minimum Gasteiger partial charge on any atom is -0.351 e. The number of thiophene rings is 1. The van der Waals surface area contributed by atoms with Crippen molar-refractivity contribution in [2.24, 2.45) is 0 Å². The first-order valence-electron chi connectivity index (χ1n) is 7.57. The monoisotopic (exact) mass is 373 g/mol. The van der Waals surface area contributed by atoms with Gasteiger partial charge in [-0.2, -0.15) is 0 Å². The van der Waals surface area contributed by atoms with Crippen molar-refractivity contribution >= 4 is 33.6 Å². The van der Waals surface area contributed by atoms with Crippen LogP contribution in [0.4, 0.5) is 5.00 Å². The van der Waals surface area contributed by atoms with Crippen LogP contribution < -0.4 is 5.32 Å². The van der Waals surface area contributed by atoms with E-state index in [4.69, 9.17) is 0 Å². The zero-order valence-electron chi connectivity index (χ0n) is 13.4. The molecule has 1 N–H and O–H groups in total. The number of nitro groups is 1. The first-order chi connectivity index (χ1) is 12.0. The first kappa shape index (κ1) is 17.2. The lowest BCUT2D eigenvalue weighted by Gasteiger charge is -2.05. The van der Waals surface area contributed by atoms with Crippen LogP contribution in [-0.2, 0) is 6.42 Å². The number of benzene rings is 1. The van der Waals surface area contributed by atoms with E-state index in [0.717, 1.165) is 33.2 Å². The fourth-order valence-corrected chi connectivity index (χ4v) is 3.65. The number of carbonyl (C=O) groups is 1. The number of aryl methyl sites for hydroxylation is 1. The predicted molar refractivity (Wildman–Crippen MR) is 99.3 cm³/mol. The summed E-state index contributed by atoms with van der Waals surface area (Å²) in [6.45, 7) is 2.45. The van der Waals surface area contributed by atoms with Crippen LogP contribution in [-0.4, -0.2) is 22.4 Å². The molecule has 8 heteroatoms. The van der Waals surface area contributed by atoms with Gasteiger partial charge in [-0.05, 0) is 25.0 Å². The van der Waals surface area contributed by atoms with Gasteiger partial charge in [0.15, 0.2) is 0 Å². The lowest BCUT2D eigenvalue weighted by molar-refractivity contribution is -0.380. The molecular weight excluding hydrogens is 358 g/mol. The third-order valence-electron chi connectivity index (χ3n) is 3.56. The molecule has 0 aliphatic rings. The van der Waals surface area contributed by atoms with E-state index in [9.17, 15) is 14.9 Å². The molecule has 2 heterocycles. The first-order valence-corrected chi connectivity index (χ1v) is 9.26. The maximum atomic E-state index is 12.0. The highest BCUT2D eigenvalue weighted by atomic mass is 32.1. The number of nitrogens with one attached hydrogen (secondary N) is 1. The fraction of sp³-hybridized carbons (Fsp3) is 0.176. The molecule has 3 rings (SSSR count). The standard InChI is InChI=1S/C17H15N3O3S2/c1-11-19-14(10-24-11)13-4-2-12(3-5-13)8-9-18-17(21)15-6-7-16(25-15)20(22)23/h2-7,10H,8-9H2,1H3,(H,18,21). The molecule has 128 valence electrons. The molecule has 25 heavy (non-hydrogen) atoms. The van der Waals surface area contributed by atoms with Crippen molar-refractivity contribution in [3.63, 3.8) is 0 Å². The molecule has 3 aromatic rings. The highest BCUT2D eigenvalue weighted by molar-refractivity contribution is 7.17. The molecule has 0 spiro atoms. The third kappa shape index (κ3) is 4.28. The lowest BCUT2D eigenvalue weighted by Crippen LogP contribution is -2.24. The summed E-state index contributed by atoms with van der Waals surface area (Å²) in [4.78, 5) is 26.9. The second kappa shape index (κ2) is 7.54. The number of thiazole rings is 1. The van der Waals surface area contributed by atoms with Crippen LogP contribution in [0, 0.1) is 17.0 Å². The van der Waals surface area contributed by atoms with Crippen molar-refractivity contribution in [3.05, 3.63) is 67.3 Å². The number of carbonyl (C=O) groups excluding carboxylic acids is 1. The number of nitrogens with zero attached hydrogens (tertiary/aromatic N) is 2. The molecule has 1 amide bonds. The van der Waals surface area contributed by atoms with E-state index < -0.39 is 4.92 Å². The number of hydrogen-bond donors (Lipinski definition) is 1. The van der Waals surface area contributed by atoms with Gasteiger partial charge in [-0.1, -0.05) is 35.6 Å². The summed E-state index contributed by atoms with van der Waals surface area (Å²) < 4.78 is 0. The molecule has 0 saturated heterocycles. The Morgan fingerprint density at radius 2 is 2.00 bits per heavy atom. The molecule has 6 nitrogen and oxygen atoms in total. The summed E-state index contributed by atoms with van der Waals surface area (Å²) in [7, 11) is 0. The molecule has 0 radical (unpaired) electrons. The van der Waals surface area contributed by atoms with Crippen molar-refractivity contribution in [2.75, 3.05) is 6.54 Å². The fourth-order valence-electron chi connectivity index (χ4n) is 2.29. The van der Waals surface area contributed by atoms with Crippen molar-refractivity contribution in [1.82, 2.24) is 10.3 Å². The molecule has 0 atom stereocenters. The average Bonchev–Trinajstić information content (AvgIpc) is 3.24. The zero-order chi connectivity index (χ0) is 17.8. The Hall–Kier alpha value is -2.58. The molecule has 0 aliphatic heterocycles. The van der Waals surface area contributed by atoms with Crippen LogP contribution in [0.5, 0.6) is 0 Å². The molecule has 0 aliphatic carbocycles. The summed E-state index contributed by atoms with van der Waals surface area (Å²) in [5.74, 6) is -0.285. The van der Waals surface area contributed by atoms with Crippen LogP contribution >= 0.6 is 22.7 Å². The van der Waals surface area contributed by atoms with E-state index in [0.29, 0.717) is 17.8 Å². The van der Waals surface area contributed by atoms with E-state index in [1.165, 1.54) is 12.1 Å². The van der Waals surface area contributed by atoms with Crippen molar-refractivity contribution in [2.45, 2.75) is 13.3 Å². The Labute approximate surface area is 152 Å². The van der Waals surface area contributed by atoms with E-state index in [1.807, 2.05) is 36.6 Å². The Balaban J connectivity index is 1.53. The largest absolute Gasteiger partial charge is 0.351 e. The van der Waals surface area contributed by atoms with Gasteiger partial charge in [0, 0.05) is 23.6 Å². The van der Waals surface area contributed by atoms with Crippen LogP contribution in [0.1, 0.15) is 20.2 Å². The van der Waals surface area contributed by atoms with Crippen molar-refractivity contribution in [3.8, 4) is 11.3 Å². The average molecular weight is 373 g/mol. The Morgan fingerprint density at radius 1 is 1.24 bits per heavy atom. The van der Waals surface area contributed by atoms with Gasteiger partial charge in [0.1, 0.15) is 0 Å². The molecule has 2 aromatic heterocycles. The maximum absolute atomic E-state index is 12.0. The Bertz CT molecular complexity index is 900. The quantitative estimate of drug-likeness (QED) is 0.521. The minimum atomic E-state index is -0.493. The second-order valence-corrected chi connectivity index (χ2v) is 7.47. The molecule has 0 unspecified atom stereocenters. The lowest BCUT2D eigenvalue weighted by atomic mass is 10.1. The number of rotatable bonds is 6. The smallest absolute Gasteiger partial charge is 0.324 e. The van der Waals surface area contributed by atoms with Gasteiger partial charge >= 0.3 is 5.00 Å². The van der Waals surface area contributed by atoms with E-state index in [2.05, 4.69) is 10.3 Å². The minimum absolute atomic E-state index is 0.0296. The SMILES string of the molecule is Cc1nc(-c2ccc(CCNC(=O)c3ccc([N+](=O)[O-])s3)cc2)cs1. The number of aromatic nitrogens is 1. The highest BCUT2D eigenvalue weighted by Gasteiger charge is 2.14. The zero-order valence-corrected chi connectivity index (χ0v) is 15.0. The summed E-state index contributed by atoms with van der Waals surface area (Å²) in [5.41, 5.74) is 3.15. The maximum Gasteiger partial charge on any atom is 0.324 e. The summed E-state index contributed by atoms with van der Waals surface area (Å²) in [6.07, 6.45) is 0.690. The van der Waals surface area contributed by atoms with Gasteiger partial charge in [0.2, 0.25) is 0 Å². The van der Waals surface area contributed by atoms with Gasteiger partial charge in [-0.25, -0.2) is 4.98 Å². The highest BCUT2D eigenvalue weighted by Crippen LogP contribution is 2.24. The summed E-state index contributed by atoms with van der Waals surface area (Å²) in [5, 5.41) is 16.5. The topological polar surface area (TPSA) is 85.1 Å². The normalized spacial score (nSPS) is 10.6. The van der Waals surface area contributed by atoms with Gasteiger partial charge in [-0.15, -0.1) is 11.3 Å². The number of hydrogen-bond acceptors (Lipinski definition) is 6. The van der Waals surface area contributed by atoms with Crippen LogP contribution in [0.15, 0.2) is 41.8 Å². The van der Waals surface area contributed by atoms with Crippen LogP contribution in [0.3, 0.4) is 0 Å². The molecular formula is C17H15N3O3S2. The summed E-state index contributed by atoms with van der Waals surface area (Å²) in [6, 6.07) is 10.9. The van der Waals surface area contributed by atoms with Gasteiger partial charge in [-0.3, -0.25) is 14.9 Å². The van der Waals surface area contributed by atoms with Crippen LogP contribution in [0.25, 0.3) is 11.3 Å². The van der Waals surface area contributed by atoms with E-state index >= 15 is 0 Å². The van der Waals surface area contributed by atoms with Crippen molar-refractivity contribution in [1.29, 1.82) is 0 Å². The molecule has 0 fully saturated rings.